The highest BCUT2D eigenvalue weighted by molar-refractivity contribution is 5.60. The normalized spacial score (nSPS) is 13.6. The number of nitrogens with zero attached hydrogens (tertiary/aromatic N) is 3. The average Bonchev–Trinajstić information content (AvgIpc) is 3.61. The van der Waals surface area contributed by atoms with Crippen LogP contribution in [-0.2, 0) is 31.0 Å². The molecule has 0 radical (unpaired) electrons. The number of ether oxygens (including phenoxy) is 8. The Kier molecular flexibility index (Phi) is 16.3. The molecule has 4 aromatic rings. The Morgan fingerprint density at radius 1 is 0.636 bits per heavy atom. The number of methoxy groups -OCH3 is 8. The van der Waals surface area contributed by atoms with Gasteiger partial charge in [-0.1, -0.05) is 18.2 Å². The summed E-state index contributed by atoms with van der Waals surface area (Å²) in [4.78, 5) is 13.1. The summed E-state index contributed by atoms with van der Waals surface area (Å²) in [5.74, 6) is 5.56. The van der Waals surface area contributed by atoms with Crippen LogP contribution >= 0.6 is 0 Å². The van der Waals surface area contributed by atoms with Gasteiger partial charge in [0.2, 0.25) is 6.67 Å². The lowest BCUT2D eigenvalue weighted by molar-refractivity contribution is -0.548. The first-order valence-corrected chi connectivity index (χ1v) is 17.4. The Hall–Kier alpha value is -5.70. The standard InChI is InChI=1S/C40H51N4O8.CH2O2/c1-45-32-13-9-28(17-36(32)49-5)21-41-26-43(23-30-11-15-34(47-3)38(19-30)51-7)40-25-42(22-29-10-14-33(46-2)37(18-29)50-6)27-44(40)24-31-12-16-35(48-4)39(20-31)52-8;2-1-3/h9-20,25,40-41H,21-24,26-27H2,1-8H3;1H,(H,2,3)/q+1;/p-1. The fraction of sp³-hybridized carbons (Fsp3) is 0.366. The summed E-state index contributed by atoms with van der Waals surface area (Å²) in [5.41, 5.74) is 4.38. The molecule has 1 aliphatic rings. The van der Waals surface area contributed by atoms with E-state index in [1.807, 2.05) is 54.6 Å². The van der Waals surface area contributed by atoms with Crippen molar-refractivity contribution < 1.29 is 52.4 Å². The molecule has 296 valence electrons. The number of hydrogen-bond acceptors (Lipinski definition) is 13. The molecular weight excluding hydrogens is 708 g/mol. The number of hydrogen-bond donors (Lipinski definition) is 1. The summed E-state index contributed by atoms with van der Waals surface area (Å²) in [7, 11) is 13.2. The number of rotatable bonds is 19. The molecular formula is C41H52N4O10. The molecule has 14 nitrogen and oxygen atoms in total. The number of carbonyl (C=O) groups is 1. The minimum absolute atomic E-state index is 0.0840. The average molecular weight is 761 g/mol. The topological polar surface area (TPSA) is 135 Å². The van der Waals surface area contributed by atoms with Crippen molar-refractivity contribution >= 4 is 12.7 Å². The van der Waals surface area contributed by atoms with Crippen molar-refractivity contribution in [3.8, 4) is 46.0 Å². The summed E-state index contributed by atoms with van der Waals surface area (Å²) in [6.45, 7) is 3.38. The second kappa shape index (κ2) is 21.3. The first-order chi connectivity index (χ1) is 26.8. The highest BCUT2D eigenvalue weighted by atomic mass is 16.5. The Balaban J connectivity index is 0.00000217. The molecule has 4 aromatic carbocycles. The van der Waals surface area contributed by atoms with Gasteiger partial charge in [-0.2, -0.15) is 0 Å². The van der Waals surface area contributed by atoms with Gasteiger partial charge in [0.15, 0.2) is 58.8 Å². The lowest BCUT2D eigenvalue weighted by Gasteiger charge is -2.32. The van der Waals surface area contributed by atoms with Crippen molar-refractivity contribution in [2.45, 2.75) is 32.3 Å². The second-order valence-corrected chi connectivity index (χ2v) is 12.4. The highest BCUT2D eigenvalue weighted by Gasteiger charge is 2.36. The Morgan fingerprint density at radius 3 is 1.53 bits per heavy atom. The molecule has 0 amide bonds. The van der Waals surface area contributed by atoms with Crippen molar-refractivity contribution in [3.05, 3.63) is 95.1 Å². The van der Waals surface area contributed by atoms with E-state index in [4.69, 9.17) is 47.8 Å². The Bertz CT molecular complexity index is 1870. The van der Waals surface area contributed by atoms with Gasteiger partial charge in [-0.25, -0.2) is 9.48 Å². The number of benzene rings is 4. The maximum atomic E-state index is 8.25. The van der Waals surface area contributed by atoms with E-state index in [0.29, 0.717) is 85.5 Å². The van der Waals surface area contributed by atoms with Crippen LogP contribution in [0.1, 0.15) is 22.3 Å². The fourth-order valence-corrected chi connectivity index (χ4v) is 6.44. The molecule has 1 aliphatic heterocycles. The van der Waals surface area contributed by atoms with Gasteiger partial charge in [-0.3, -0.25) is 4.90 Å². The van der Waals surface area contributed by atoms with E-state index in [1.54, 1.807) is 56.9 Å². The van der Waals surface area contributed by atoms with E-state index < -0.39 is 6.47 Å². The van der Waals surface area contributed by atoms with Crippen molar-refractivity contribution in [2.24, 2.45) is 0 Å². The van der Waals surface area contributed by atoms with Crippen LogP contribution in [0.3, 0.4) is 0 Å². The minimum atomic E-state index is -0.500. The third-order valence-electron chi connectivity index (χ3n) is 9.05. The zero-order chi connectivity index (χ0) is 39.7. The van der Waals surface area contributed by atoms with Crippen LogP contribution in [0, 0.1) is 0 Å². The van der Waals surface area contributed by atoms with Crippen LogP contribution in [0.25, 0.3) is 0 Å². The van der Waals surface area contributed by atoms with Crippen molar-refractivity contribution in [3.63, 3.8) is 0 Å². The van der Waals surface area contributed by atoms with Gasteiger partial charge < -0.3 is 53.1 Å². The maximum Gasteiger partial charge on any atom is 0.201 e. The first-order valence-electron chi connectivity index (χ1n) is 17.4. The lowest BCUT2D eigenvalue weighted by Crippen LogP contribution is -2.49. The highest BCUT2D eigenvalue weighted by Crippen LogP contribution is 2.32. The smallest absolute Gasteiger partial charge is 0.201 e. The molecule has 1 heterocycles. The molecule has 55 heavy (non-hydrogen) atoms. The number of carboxylic acid groups (broad SMARTS) is 1. The van der Waals surface area contributed by atoms with E-state index in [1.165, 1.54) is 0 Å². The van der Waals surface area contributed by atoms with Crippen LogP contribution in [0.2, 0.25) is 0 Å². The molecule has 1 unspecified atom stereocenters. The molecule has 1 N–H and O–H groups in total. The summed E-state index contributed by atoms with van der Waals surface area (Å²) >= 11 is 0. The van der Waals surface area contributed by atoms with E-state index in [9.17, 15) is 0 Å². The molecule has 0 spiro atoms. The van der Waals surface area contributed by atoms with Crippen molar-refractivity contribution in [1.82, 2.24) is 15.1 Å². The molecule has 0 fully saturated rings. The predicted octanol–water partition coefficient (Wildman–Crippen LogP) is 3.75. The van der Waals surface area contributed by atoms with Gasteiger partial charge in [0.1, 0.15) is 6.17 Å². The molecule has 0 saturated carbocycles. The number of carbonyl (C=O) groups excluding carboxylic acids is 1. The summed E-state index contributed by atoms with van der Waals surface area (Å²) in [6, 6.07) is 24.2. The lowest BCUT2D eigenvalue weighted by atomic mass is 10.1. The van der Waals surface area contributed by atoms with Crippen LogP contribution in [0.5, 0.6) is 46.0 Å². The monoisotopic (exact) mass is 760 g/mol. The number of nitrogens with one attached hydrogen (secondary N) is 1. The Morgan fingerprint density at radius 2 is 1.04 bits per heavy atom. The molecule has 14 heteroatoms. The van der Waals surface area contributed by atoms with Gasteiger partial charge >= 0.3 is 0 Å². The second-order valence-electron chi connectivity index (χ2n) is 12.4. The molecule has 0 saturated heterocycles. The minimum Gasteiger partial charge on any atom is -0.554 e. The van der Waals surface area contributed by atoms with Crippen LogP contribution < -0.4 is 48.3 Å². The van der Waals surface area contributed by atoms with Gasteiger partial charge in [-0.15, -0.1) is 0 Å². The molecule has 1 atom stereocenters. The third-order valence-corrected chi connectivity index (χ3v) is 9.05. The molecule has 5 rings (SSSR count). The largest absolute Gasteiger partial charge is 0.554 e. The first kappa shape index (κ1) is 42.0. The van der Waals surface area contributed by atoms with E-state index in [2.05, 4.69) is 44.1 Å². The summed E-state index contributed by atoms with van der Waals surface area (Å²) < 4.78 is 46.9. The van der Waals surface area contributed by atoms with Crippen LogP contribution in [0.15, 0.2) is 72.8 Å². The van der Waals surface area contributed by atoms with Crippen LogP contribution in [0.4, 0.5) is 0 Å². The van der Waals surface area contributed by atoms with E-state index >= 15 is 0 Å². The predicted molar refractivity (Wildman–Crippen MR) is 206 cm³/mol. The van der Waals surface area contributed by atoms with Crippen LogP contribution in [-0.4, -0.2) is 103 Å². The van der Waals surface area contributed by atoms with E-state index in [-0.39, 0.29) is 6.17 Å². The maximum absolute atomic E-state index is 8.25. The third kappa shape index (κ3) is 11.2. The van der Waals surface area contributed by atoms with Crippen molar-refractivity contribution in [2.75, 3.05) is 70.2 Å². The summed E-state index contributed by atoms with van der Waals surface area (Å²) in [6.07, 6.45) is 2.22. The zero-order valence-electron chi connectivity index (χ0n) is 32.8. The Labute approximate surface area is 323 Å². The fourth-order valence-electron chi connectivity index (χ4n) is 6.44. The quantitative estimate of drug-likeness (QED) is 0.0846. The molecule has 0 aromatic heterocycles. The van der Waals surface area contributed by atoms with Gasteiger partial charge in [0, 0.05) is 31.7 Å². The van der Waals surface area contributed by atoms with Gasteiger partial charge in [0.05, 0.1) is 63.5 Å². The van der Waals surface area contributed by atoms with Gasteiger partial charge in [-0.05, 0) is 71.3 Å². The molecule has 0 bridgehead atoms. The van der Waals surface area contributed by atoms with Crippen molar-refractivity contribution in [1.29, 1.82) is 0 Å². The molecule has 0 aliphatic carbocycles. The SMILES string of the molecule is COc1ccc(CNCN(Cc2ccc(OC)c(OC)c2)C2C=[N+](Cc3ccc(OC)c(OC)c3)CN2Cc2ccc(OC)c(OC)c2)cc1OC.O=C[O-]. The van der Waals surface area contributed by atoms with Gasteiger partial charge in [0.25, 0.3) is 0 Å². The van der Waals surface area contributed by atoms with E-state index in [0.717, 1.165) is 22.3 Å². The summed E-state index contributed by atoms with van der Waals surface area (Å²) in [5, 5.41) is 11.9. The zero-order valence-corrected chi connectivity index (χ0v) is 32.8.